The number of carboxylic acid groups (broad SMARTS) is 1. The molecule has 0 spiro atoms. The molecule has 2 N–H and O–H groups in total. The number of thioether (sulfide) groups is 1. The molecule has 0 saturated heterocycles. The Balaban J connectivity index is 1.95. The number of carboxylic acids is 1. The first-order chi connectivity index (χ1) is 9.58. The molecule has 0 radical (unpaired) electrons. The van der Waals surface area contributed by atoms with Gasteiger partial charge in [0.05, 0.1) is 11.3 Å². The number of thiophene rings is 1. The van der Waals surface area contributed by atoms with Crippen LogP contribution in [0.15, 0.2) is 40.6 Å². The lowest BCUT2D eigenvalue weighted by molar-refractivity contribution is -0.113. The van der Waals surface area contributed by atoms with Crippen LogP contribution in [0.4, 0.5) is 5.00 Å². The molecule has 1 heterocycles. The second kappa shape index (κ2) is 6.58. The van der Waals surface area contributed by atoms with Crippen LogP contribution in [0.5, 0.6) is 0 Å². The van der Waals surface area contributed by atoms with Gasteiger partial charge in [0.25, 0.3) is 0 Å². The van der Waals surface area contributed by atoms with E-state index in [0.717, 1.165) is 10.5 Å². The molecule has 1 aromatic carbocycles. The average Bonchev–Trinajstić information content (AvgIpc) is 2.86. The Kier molecular flexibility index (Phi) is 4.81. The van der Waals surface area contributed by atoms with E-state index in [-0.39, 0.29) is 17.2 Å². The number of hydrogen-bond acceptors (Lipinski definition) is 4. The zero-order valence-corrected chi connectivity index (χ0v) is 12.4. The van der Waals surface area contributed by atoms with Gasteiger partial charge in [0.2, 0.25) is 5.91 Å². The number of aromatic carboxylic acids is 1. The third kappa shape index (κ3) is 3.61. The highest BCUT2D eigenvalue weighted by molar-refractivity contribution is 8.00. The molecule has 2 rings (SSSR count). The fourth-order valence-corrected chi connectivity index (χ4v) is 3.22. The molecule has 0 unspecified atom stereocenters. The summed E-state index contributed by atoms with van der Waals surface area (Å²) in [4.78, 5) is 23.8. The Morgan fingerprint density at radius 1 is 1.30 bits per heavy atom. The van der Waals surface area contributed by atoms with Crippen molar-refractivity contribution in [2.45, 2.75) is 11.8 Å². The number of anilines is 1. The molecule has 4 nitrogen and oxygen atoms in total. The molecule has 20 heavy (non-hydrogen) atoms. The van der Waals surface area contributed by atoms with Crippen LogP contribution < -0.4 is 5.32 Å². The molecule has 1 aromatic heterocycles. The Bertz CT molecular complexity index is 637. The first kappa shape index (κ1) is 14.6. The molecular formula is C14H13NO3S2. The molecule has 0 bridgehead atoms. The summed E-state index contributed by atoms with van der Waals surface area (Å²) in [6.45, 7) is 1.99. The number of amides is 1. The molecule has 6 heteroatoms. The minimum absolute atomic E-state index is 0.129. The van der Waals surface area contributed by atoms with E-state index in [1.54, 1.807) is 5.38 Å². The van der Waals surface area contributed by atoms with E-state index >= 15 is 0 Å². The van der Waals surface area contributed by atoms with Crippen LogP contribution in [0.2, 0.25) is 0 Å². The van der Waals surface area contributed by atoms with Crippen molar-refractivity contribution in [1.29, 1.82) is 0 Å². The van der Waals surface area contributed by atoms with Gasteiger partial charge < -0.3 is 10.4 Å². The lowest BCUT2D eigenvalue weighted by Crippen LogP contribution is -2.15. The molecule has 0 aliphatic carbocycles. The van der Waals surface area contributed by atoms with Gasteiger partial charge in [-0.25, -0.2) is 4.79 Å². The summed E-state index contributed by atoms with van der Waals surface area (Å²) in [5.74, 6) is -0.988. The molecule has 1 amide bonds. The minimum atomic E-state index is -1.03. The van der Waals surface area contributed by atoms with Gasteiger partial charge in [-0.1, -0.05) is 18.2 Å². The summed E-state index contributed by atoms with van der Waals surface area (Å²) in [5, 5.41) is 13.6. The van der Waals surface area contributed by atoms with Crippen LogP contribution in [-0.4, -0.2) is 22.7 Å². The van der Waals surface area contributed by atoms with Crippen molar-refractivity contribution in [1.82, 2.24) is 0 Å². The third-order valence-corrected chi connectivity index (χ3v) is 4.61. The van der Waals surface area contributed by atoms with E-state index in [0.29, 0.717) is 5.00 Å². The van der Waals surface area contributed by atoms with Gasteiger partial charge in [-0.3, -0.25) is 4.79 Å². The fourth-order valence-electron chi connectivity index (χ4n) is 1.60. The highest BCUT2D eigenvalue weighted by atomic mass is 32.2. The maximum atomic E-state index is 11.9. The average molecular weight is 307 g/mol. The molecule has 0 atom stereocenters. The number of aryl methyl sites for hydroxylation is 1. The summed E-state index contributed by atoms with van der Waals surface area (Å²) >= 11 is 2.65. The van der Waals surface area contributed by atoms with Crippen molar-refractivity contribution in [3.63, 3.8) is 0 Å². The van der Waals surface area contributed by atoms with Crippen molar-refractivity contribution < 1.29 is 14.7 Å². The number of rotatable bonds is 5. The first-order valence-electron chi connectivity index (χ1n) is 5.87. The van der Waals surface area contributed by atoms with Crippen molar-refractivity contribution in [2.75, 3.05) is 11.1 Å². The standard InChI is InChI=1S/C14H13NO3S2/c1-9-4-2-3-5-11(9)20-8-12(16)15-13-10(14(17)18)6-7-19-13/h2-7H,8H2,1H3,(H,15,16)(H,17,18). The topological polar surface area (TPSA) is 66.4 Å². The second-order valence-corrected chi connectivity index (χ2v) is 6.00. The molecule has 0 aliphatic heterocycles. The van der Waals surface area contributed by atoms with Crippen LogP contribution in [0.1, 0.15) is 15.9 Å². The van der Waals surface area contributed by atoms with Crippen molar-refractivity contribution in [3.05, 3.63) is 46.8 Å². The van der Waals surface area contributed by atoms with Gasteiger partial charge >= 0.3 is 5.97 Å². The monoisotopic (exact) mass is 307 g/mol. The second-order valence-electron chi connectivity index (χ2n) is 4.07. The Morgan fingerprint density at radius 3 is 2.75 bits per heavy atom. The van der Waals surface area contributed by atoms with Crippen molar-refractivity contribution in [3.8, 4) is 0 Å². The minimum Gasteiger partial charge on any atom is -0.478 e. The normalized spacial score (nSPS) is 10.2. The smallest absolute Gasteiger partial charge is 0.338 e. The Morgan fingerprint density at radius 2 is 2.05 bits per heavy atom. The van der Waals surface area contributed by atoms with Crippen LogP contribution >= 0.6 is 23.1 Å². The summed E-state index contributed by atoms with van der Waals surface area (Å²) in [7, 11) is 0. The Labute approximate surface area is 124 Å². The Hall–Kier alpha value is -1.79. The number of carbonyl (C=O) groups excluding carboxylic acids is 1. The summed E-state index contributed by atoms with van der Waals surface area (Å²) < 4.78 is 0. The van der Waals surface area contributed by atoms with E-state index in [1.165, 1.54) is 29.2 Å². The summed E-state index contributed by atoms with van der Waals surface area (Å²) in [6, 6.07) is 9.31. The summed E-state index contributed by atoms with van der Waals surface area (Å²) in [5.41, 5.74) is 1.25. The first-order valence-corrected chi connectivity index (χ1v) is 7.73. The molecule has 104 valence electrons. The molecule has 0 fully saturated rings. The van der Waals surface area contributed by atoms with Crippen molar-refractivity contribution in [2.24, 2.45) is 0 Å². The lowest BCUT2D eigenvalue weighted by Gasteiger charge is -2.06. The summed E-state index contributed by atoms with van der Waals surface area (Å²) in [6.07, 6.45) is 0. The van der Waals surface area contributed by atoms with E-state index < -0.39 is 5.97 Å². The maximum absolute atomic E-state index is 11.9. The van der Waals surface area contributed by atoms with Gasteiger partial charge in [-0.05, 0) is 30.0 Å². The third-order valence-electron chi connectivity index (χ3n) is 2.60. The number of carbonyl (C=O) groups is 2. The SMILES string of the molecule is Cc1ccccc1SCC(=O)Nc1sccc1C(=O)O. The van der Waals surface area contributed by atoms with E-state index in [1.807, 2.05) is 31.2 Å². The zero-order valence-electron chi connectivity index (χ0n) is 10.8. The molecule has 0 saturated carbocycles. The highest BCUT2D eigenvalue weighted by Gasteiger charge is 2.14. The van der Waals surface area contributed by atoms with Gasteiger partial charge in [0, 0.05) is 4.90 Å². The number of nitrogens with one attached hydrogen (secondary N) is 1. The van der Waals surface area contributed by atoms with E-state index in [9.17, 15) is 9.59 Å². The highest BCUT2D eigenvalue weighted by Crippen LogP contribution is 2.25. The van der Waals surface area contributed by atoms with E-state index in [4.69, 9.17) is 5.11 Å². The predicted molar refractivity (Wildman–Crippen MR) is 81.8 cm³/mol. The molecular weight excluding hydrogens is 294 g/mol. The van der Waals surface area contributed by atoms with Crippen LogP contribution in [0, 0.1) is 6.92 Å². The largest absolute Gasteiger partial charge is 0.478 e. The van der Waals surface area contributed by atoms with Gasteiger partial charge in [-0.2, -0.15) is 0 Å². The van der Waals surface area contributed by atoms with Gasteiger partial charge in [-0.15, -0.1) is 23.1 Å². The van der Waals surface area contributed by atoms with Gasteiger partial charge in [0.1, 0.15) is 5.00 Å². The number of benzene rings is 1. The quantitative estimate of drug-likeness (QED) is 0.830. The van der Waals surface area contributed by atoms with Crippen molar-refractivity contribution >= 4 is 40.0 Å². The number of hydrogen-bond donors (Lipinski definition) is 2. The van der Waals surface area contributed by atoms with Crippen LogP contribution in [0.3, 0.4) is 0 Å². The lowest BCUT2D eigenvalue weighted by atomic mass is 10.2. The maximum Gasteiger partial charge on any atom is 0.338 e. The van der Waals surface area contributed by atoms with E-state index in [2.05, 4.69) is 5.32 Å². The van der Waals surface area contributed by atoms with Crippen LogP contribution in [-0.2, 0) is 4.79 Å². The molecule has 0 aliphatic rings. The zero-order chi connectivity index (χ0) is 14.5. The van der Waals surface area contributed by atoms with Crippen LogP contribution in [0.25, 0.3) is 0 Å². The van der Waals surface area contributed by atoms with Gasteiger partial charge in [0.15, 0.2) is 0 Å². The predicted octanol–water partition coefficient (Wildman–Crippen LogP) is 3.49. The molecule has 2 aromatic rings. The fraction of sp³-hybridized carbons (Fsp3) is 0.143.